The molecule has 1 amide bonds. The van der Waals surface area contributed by atoms with Gasteiger partial charge >= 0.3 is 0 Å². The third-order valence-corrected chi connectivity index (χ3v) is 4.64. The number of halogens is 2. The Hall–Kier alpha value is -0.620. The molecule has 1 heterocycles. The number of nitrogens with zero attached hydrogens (tertiary/aromatic N) is 1. The fourth-order valence-corrected chi connectivity index (χ4v) is 3.50. The van der Waals surface area contributed by atoms with E-state index in [9.17, 15) is 14.1 Å². The van der Waals surface area contributed by atoms with E-state index in [4.69, 9.17) is 23.2 Å². The highest BCUT2D eigenvalue weighted by Gasteiger charge is 2.27. The second kappa shape index (κ2) is 6.22. The van der Waals surface area contributed by atoms with Crippen LogP contribution in [0.25, 0.3) is 0 Å². The Morgan fingerprint density at radius 1 is 1.21 bits per heavy atom. The number of hydrogen-bond donors (Lipinski definition) is 1. The van der Waals surface area contributed by atoms with Crippen molar-refractivity contribution in [1.82, 2.24) is 4.90 Å². The van der Waals surface area contributed by atoms with Crippen LogP contribution in [0.5, 0.6) is 0 Å². The molecule has 1 atom stereocenters. The van der Waals surface area contributed by atoms with Crippen LogP contribution in [0.4, 0.5) is 0 Å². The molecule has 2 rings (SSSR count). The molecule has 0 bridgehead atoms. The van der Waals surface area contributed by atoms with E-state index in [0.717, 1.165) is 0 Å². The zero-order valence-corrected chi connectivity index (χ0v) is 12.3. The summed E-state index contributed by atoms with van der Waals surface area (Å²) in [4.78, 5) is 13.6. The summed E-state index contributed by atoms with van der Waals surface area (Å²) in [6.07, 6.45) is -1.29. The molecule has 0 radical (unpaired) electrons. The zero-order chi connectivity index (χ0) is 14.0. The molecule has 0 unspecified atom stereocenters. The largest absolute Gasteiger partial charge is 0.378 e. The molecule has 1 fully saturated rings. The number of amides is 1. The van der Waals surface area contributed by atoms with Gasteiger partial charge in [0, 0.05) is 45.4 Å². The number of aliphatic hydroxyl groups is 1. The summed E-state index contributed by atoms with van der Waals surface area (Å²) < 4.78 is 11.2. The average Bonchev–Trinajstić information content (AvgIpc) is 2.37. The maximum atomic E-state index is 12.1. The highest BCUT2D eigenvalue weighted by Crippen LogP contribution is 2.25. The van der Waals surface area contributed by atoms with Crippen LogP contribution in [0.3, 0.4) is 0 Å². The van der Waals surface area contributed by atoms with Crippen LogP contribution in [0, 0.1) is 0 Å². The molecule has 1 N–H and O–H groups in total. The van der Waals surface area contributed by atoms with E-state index in [2.05, 4.69) is 0 Å². The third kappa shape index (κ3) is 3.69. The SMILES string of the molecule is O=C([C@H](O)c1cc(Cl)cc(Cl)c1)N1CCS(=O)CC1. The average molecular weight is 322 g/mol. The smallest absolute Gasteiger partial charge is 0.256 e. The van der Waals surface area contributed by atoms with Crippen molar-refractivity contribution in [3.05, 3.63) is 33.8 Å². The van der Waals surface area contributed by atoms with Gasteiger partial charge in [-0.25, -0.2) is 0 Å². The van der Waals surface area contributed by atoms with Crippen molar-refractivity contribution in [2.75, 3.05) is 24.6 Å². The maximum Gasteiger partial charge on any atom is 0.256 e. The van der Waals surface area contributed by atoms with E-state index >= 15 is 0 Å². The fourth-order valence-electron chi connectivity index (χ4n) is 1.91. The minimum absolute atomic E-state index is 0.370. The second-order valence-corrected chi connectivity index (χ2v) is 6.85. The van der Waals surface area contributed by atoms with Crippen LogP contribution in [0.1, 0.15) is 11.7 Å². The van der Waals surface area contributed by atoms with E-state index in [0.29, 0.717) is 40.2 Å². The van der Waals surface area contributed by atoms with Crippen molar-refractivity contribution >= 4 is 39.9 Å². The minimum atomic E-state index is -1.29. The van der Waals surface area contributed by atoms with Crippen molar-refractivity contribution in [3.63, 3.8) is 0 Å². The van der Waals surface area contributed by atoms with Crippen LogP contribution in [-0.4, -0.2) is 44.7 Å². The first kappa shape index (κ1) is 14.8. The van der Waals surface area contributed by atoms with Gasteiger partial charge in [0.1, 0.15) is 0 Å². The topological polar surface area (TPSA) is 57.6 Å². The highest BCUT2D eigenvalue weighted by atomic mass is 35.5. The predicted octanol–water partition coefficient (Wildman–Crippen LogP) is 1.62. The van der Waals surface area contributed by atoms with Gasteiger partial charge in [0.2, 0.25) is 0 Å². The van der Waals surface area contributed by atoms with Crippen molar-refractivity contribution in [2.45, 2.75) is 6.10 Å². The van der Waals surface area contributed by atoms with Crippen molar-refractivity contribution in [1.29, 1.82) is 0 Å². The molecule has 19 heavy (non-hydrogen) atoms. The van der Waals surface area contributed by atoms with Crippen molar-refractivity contribution < 1.29 is 14.1 Å². The summed E-state index contributed by atoms with van der Waals surface area (Å²) in [5, 5.41) is 10.8. The second-order valence-electron chi connectivity index (χ2n) is 4.28. The lowest BCUT2D eigenvalue weighted by atomic mass is 10.1. The summed E-state index contributed by atoms with van der Waals surface area (Å²) >= 11 is 11.7. The maximum absolute atomic E-state index is 12.1. The van der Waals surface area contributed by atoms with Crippen LogP contribution in [0.2, 0.25) is 10.0 Å². The third-order valence-electron chi connectivity index (χ3n) is 2.92. The van der Waals surface area contributed by atoms with Gasteiger partial charge in [0.05, 0.1) is 0 Å². The Bertz CT molecular complexity index is 493. The van der Waals surface area contributed by atoms with E-state index < -0.39 is 22.8 Å². The van der Waals surface area contributed by atoms with Gasteiger partial charge in [-0.2, -0.15) is 0 Å². The molecule has 1 saturated heterocycles. The summed E-state index contributed by atoms with van der Waals surface area (Å²) in [5.41, 5.74) is 0.370. The quantitative estimate of drug-likeness (QED) is 0.900. The molecule has 4 nitrogen and oxygen atoms in total. The van der Waals surface area contributed by atoms with Crippen LogP contribution in [0.15, 0.2) is 18.2 Å². The van der Waals surface area contributed by atoms with Crippen LogP contribution in [-0.2, 0) is 15.6 Å². The molecule has 1 aromatic carbocycles. The van der Waals surface area contributed by atoms with Gasteiger partial charge in [0.15, 0.2) is 6.10 Å². The monoisotopic (exact) mass is 321 g/mol. The van der Waals surface area contributed by atoms with Gasteiger partial charge in [-0.15, -0.1) is 0 Å². The number of benzene rings is 1. The lowest BCUT2D eigenvalue weighted by Crippen LogP contribution is -2.44. The molecule has 0 aromatic heterocycles. The van der Waals surface area contributed by atoms with Crippen molar-refractivity contribution in [2.24, 2.45) is 0 Å². The van der Waals surface area contributed by atoms with Crippen molar-refractivity contribution in [3.8, 4) is 0 Å². The molecule has 1 aromatic rings. The first-order valence-electron chi connectivity index (χ1n) is 5.75. The Balaban J connectivity index is 2.12. The van der Waals surface area contributed by atoms with E-state index in [1.54, 1.807) is 0 Å². The Labute approximate surface area is 123 Å². The number of hydrogen-bond acceptors (Lipinski definition) is 3. The molecular formula is C12H13Cl2NO3S. The van der Waals surface area contributed by atoms with Gasteiger partial charge in [-0.1, -0.05) is 23.2 Å². The summed E-state index contributed by atoms with van der Waals surface area (Å²) in [6.45, 7) is 0.799. The molecule has 0 spiro atoms. The highest BCUT2D eigenvalue weighted by molar-refractivity contribution is 7.85. The molecule has 104 valence electrons. The molecule has 1 aliphatic rings. The van der Waals surface area contributed by atoms with E-state index in [-0.39, 0.29) is 0 Å². The summed E-state index contributed by atoms with van der Waals surface area (Å²) in [7, 11) is -0.860. The standard InChI is InChI=1S/C12H13Cl2NO3S/c13-9-5-8(6-10(14)7-9)11(16)12(17)15-1-3-19(18)4-2-15/h5-7,11,16H,1-4H2/t11-/m1/s1. The molecular weight excluding hydrogens is 309 g/mol. The lowest BCUT2D eigenvalue weighted by Gasteiger charge is -2.28. The Morgan fingerprint density at radius 3 is 2.26 bits per heavy atom. The Morgan fingerprint density at radius 2 is 1.74 bits per heavy atom. The van der Waals surface area contributed by atoms with Gasteiger partial charge in [-0.3, -0.25) is 9.00 Å². The molecule has 0 aliphatic carbocycles. The number of aliphatic hydroxyl groups excluding tert-OH is 1. The molecule has 0 saturated carbocycles. The van der Waals surface area contributed by atoms with Gasteiger partial charge in [0.25, 0.3) is 5.91 Å². The summed E-state index contributed by atoms with van der Waals surface area (Å²) in [5.74, 6) is 0.499. The normalized spacial score (nSPS) is 18.4. The van der Waals surface area contributed by atoms with Crippen LogP contribution < -0.4 is 0 Å². The lowest BCUT2D eigenvalue weighted by molar-refractivity contribution is -0.140. The first-order chi connectivity index (χ1) is 8.97. The molecule has 7 heteroatoms. The number of carbonyl (C=O) groups is 1. The van der Waals surface area contributed by atoms with Gasteiger partial charge < -0.3 is 10.0 Å². The van der Waals surface area contributed by atoms with Crippen LogP contribution >= 0.6 is 23.2 Å². The Kier molecular flexibility index (Phi) is 4.84. The predicted molar refractivity (Wildman–Crippen MR) is 75.9 cm³/mol. The van der Waals surface area contributed by atoms with E-state index in [1.165, 1.54) is 23.1 Å². The summed E-state index contributed by atoms with van der Waals surface area (Å²) in [6, 6.07) is 4.56. The van der Waals surface area contributed by atoms with E-state index in [1.807, 2.05) is 0 Å². The number of carbonyl (C=O) groups excluding carboxylic acids is 1. The zero-order valence-electron chi connectivity index (χ0n) is 10.0. The van der Waals surface area contributed by atoms with Gasteiger partial charge in [-0.05, 0) is 23.8 Å². The minimum Gasteiger partial charge on any atom is -0.378 e. The first-order valence-corrected chi connectivity index (χ1v) is 7.99. The fraction of sp³-hybridized carbons (Fsp3) is 0.417. The molecule has 1 aliphatic heterocycles. The number of rotatable bonds is 2.